The molecule has 0 unspecified atom stereocenters. The SMILES string of the molecule is CCN(Cc1ccccc1)c1ccnc(N2CCCCC2)n1. The minimum atomic E-state index is 0.878. The van der Waals surface area contributed by atoms with Crippen molar-refractivity contribution in [2.24, 2.45) is 0 Å². The summed E-state index contributed by atoms with van der Waals surface area (Å²) in [7, 11) is 0. The van der Waals surface area contributed by atoms with Crippen LogP contribution in [-0.2, 0) is 6.54 Å². The van der Waals surface area contributed by atoms with Gasteiger partial charge in [-0.1, -0.05) is 30.3 Å². The molecule has 0 atom stereocenters. The summed E-state index contributed by atoms with van der Waals surface area (Å²) >= 11 is 0. The fourth-order valence-corrected chi connectivity index (χ4v) is 2.92. The largest absolute Gasteiger partial charge is 0.352 e. The Morgan fingerprint density at radius 2 is 1.82 bits per heavy atom. The summed E-state index contributed by atoms with van der Waals surface area (Å²) in [5, 5.41) is 0. The maximum atomic E-state index is 4.80. The Labute approximate surface area is 132 Å². The quantitative estimate of drug-likeness (QED) is 0.845. The average Bonchev–Trinajstić information content (AvgIpc) is 2.61. The summed E-state index contributed by atoms with van der Waals surface area (Å²) in [4.78, 5) is 13.9. The van der Waals surface area contributed by atoms with E-state index in [1.54, 1.807) is 0 Å². The van der Waals surface area contributed by atoms with Crippen molar-refractivity contribution in [3.63, 3.8) is 0 Å². The molecule has 1 saturated heterocycles. The Balaban J connectivity index is 1.77. The van der Waals surface area contributed by atoms with E-state index in [0.29, 0.717) is 0 Å². The number of nitrogens with zero attached hydrogens (tertiary/aromatic N) is 4. The topological polar surface area (TPSA) is 32.3 Å². The Kier molecular flexibility index (Phi) is 4.88. The van der Waals surface area contributed by atoms with Crippen LogP contribution in [0.25, 0.3) is 0 Å². The molecule has 116 valence electrons. The number of hydrogen-bond acceptors (Lipinski definition) is 4. The van der Waals surface area contributed by atoms with Gasteiger partial charge in [-0.25, -0.2) is 4.98 Å². The van der Waals surface area contributed by atoms with Gasteiger partial charge in [0, 0.05) is 32.4 Å². The molecule has 1 aromatic carbocycles. The molecule has 2 aromatic rings. The number of rotatable bonds is 5. The minimum absolute atomic E-state index is 0.878. The highest BCUT2D eigenvalue weighted by Crippen LogP contribution is 2.20. The number of piperidine rings is 1. The molecule has 0 saturated carbocycles. The Morgan fingerprint density at radius 1 is 1.05 bits per heavy atom. The molecule has 0 radical (unpaired) electrons. The maximum absolute atomic E-state index is 4.80. The number of anilines is 2. The van der Waals surface area contributed by atoms with Gasteiger partial charge in [0.2, 0.25) is 5.95 Å². The predicted molar refractivity (Wildman–Crippen MR) is 91.3 cm³/mol. The molecule has 22 heavy (non-hydrogen) atoms. The zero-order chi connectivity index (χ0) is 15.2. The van der Waals surface area contributed by atoms with Gasteiger partial charge < -0.3 is 9.80 Å². The third kappa shape index (κ3) is 3.56. The lowest BCUT2D eigenvalue weighted by molar-refractivity contribution is 0.568. The van der Waals surface area contributed by atoms with Gasteiger partial charge in [0.25, 0.3) is 0 Å². The van der Waals surface area contributed by atoms with E-state index in [2.05, 4.69) is 52.0 Å². The first-order valence-corrected chi connectivity index (χ1v) is 8.23. The van der Waals surface area contributed by atoms with Crippen molar-refractivity contribution < 1.29 is 0 Å². The summed E-state index contributed by atoms with van der Waals surface area (Å²) in [6, 6.07) is 12.6. The van der Waals surface area contributed by atoms with Crippen molar-refractivity contribution in [2.75, 3.05) is 29.4 Å². The predicted octanol–water partition coefficient (Wildman–Crippen LogP) is 3.49. The molecule has 1 fully saturated rings. The van der Waals surface area contributed by atoms with E-state index < -0.39 is 0 Å². The highest BCUT2D eigenvalue weighted by Gasteiger charge is 2.15. The highest BCUT2D eigenvalue weighted by atomic mass is 15.3. The normalized spacial score (nSPS) is 14.9. The van der Waals surface area contributed by atoms with Gasteiger partial charge in [-0.3, -0.25) is 0 Å². The molecule has 1 aliphatic heterocycles. The van der Waals surface area contributed by atoms with Crippen molar-refractivity contribution >= 4 is 11.8 Å². The second kappa shape index (κ2) is 7.25. The van der Waals surface area contributed by atoms with Crippen LogP contribution in [0.1, 0.15) is 31.7 Å². The Morgan fingerprint density at radius 3 is 2.55 bits per heavy atom. The zero-order valence-corrected chi connectivity index (χ0v) is 13.3. The molecule has 0 aliphatic carbocycles. The summed E-state index contributed by atoms with van der Waals surface area (Å²) in [5.74, 6) is 1.89. The molecule has 1 aromatic heterocycles. The van der Waals surface area contributed by atoms with Crippen LogP contribution in [0.3, 0.4) is 0 Å². The second-order valence-electron chi connectivity index (χ2n) is 5.76. The second-order valence-corrected chi connectivity index (χ2v) is 5.76. The standard InChI is InChI=1S/C18H24N4/c1-2-21(15-16-9-5-3-6-10-16)17-11-12-19-18(20-17)22-13-7-4-8-14-22/h3,5-6,9-12H,2,4,7-8,13-15H2,1H3. The van der Waals surface area contributed by atoms with Crippen LogP contribution >= 0.6 is 0 Å². The van der Waals surface area contributed by atoms with Crippen LogP contribution in [0.2, 0.25) is 0 Å². The monoisotopic (exact) mass is 296 g/mol. The molecule has 4 heteroatoms. The van der Waals surface area contributed by atoms with E-state index in [1.165, 1.54) is 24.8 Å². The zero-order valence-electron chi connectivity index (χ0n) is 13.3. The highest BCUT2D eigenvalue weighted by molar-refractivity contribution is 5.44. The van der Waals surface area contributed by atoms with E-state index in [0.717, 1.165) is 37.9 Å². The summed E-state index contributed by atoms with van der Waals surface area (Å²) in [6.45, 7) is 6.15. The number of benzene rings is 1. The molecule has 0 N–H and O–H groups in total. The van der Waals surface area contributed by atoms with Crippen molar-refractivity contribution in [2.45, 2.75) is 32.7 Å². The van der Waals surface area contributed by atoms with Gasteiger partial charge in [0.05, 0.1) is 0 Å². The molecule has 1 aliphatic rings. The molecule has 0 spiro atoms. The van der Waals surface area contributed by atoms with E-state index in [9.17, 15) is 0 Å². The van der Waals surface area contributed by atoms with Gasteiger partial charge in [-0.05, 0) is 37.8 Å². The van der Waals surface area contributed by atoms with Gasteiger partial charge in [-0.2, -0.15) is 4.98 Å². The van der Waals surface area contributed by atoms with Crippen molar-refractivity contribution in [3.05, 3.63) is 48.2 Å². The molecule has 3 rings (SSSR count). The lowest BCUT2D eigenvalue weighted by atomic mass is 10.1. The van der Waals surface area contributed by atoms with Crippen LogP contribution in [0.15, 0.2) is 42.6 Å². The first kappa shape index (κ1) is 14.8. The van der Waals surface area contributed by atoms with Gasteiger partial charge in [-0.15, -0.1) is 0 Å². The van der Waals surface area contributed by atoms with Crippen LogP contribution in [0.4, 0.5) is 11.8 Å². The molecular formula is C18H24N4. The van der Waals surface area contributed by atoms with Gasteiger partial charge in [0.15, 0.2) is 0 Å². The van der Waals surface area contributed by atoms with Gasteiger partial charge >= 0.3 is 0 Å². The van der Waals surface area contributed by atoms with Crippen molar-refractivity contribution in [1.82, 2.24) is 9.97 Å². The molecule has 0 amide bonds. The first-order valence-electron chi connectivity index (χ1n) is 8.23. The fraction of sp³-hybridized carbons (Fsp3) is 0.444. The number of hydrogen-bond donors (Lipinski definition) is 0. The van der Waals surface area contributed by atoms with Crippen LogP contribution in [0.5, 0.6) is 0 Å². The number of aromatic nitrogens is 2. The molecule has 2 heterocycles. The maximum Gasteiger partial charge on any atom is 0.227 e. The van der Waals surface area contributed by atoms with Crippen LogP contribution in [-0.4, -0.2) is 29.6 Å². The smallest absolute Gasteiger partial charge is 0.227 e. The van der Waals surface area contributed by atoms with E-state index in [-0.39, 0.29) is 0 Å². The average molecular weight is 296 g/mol. The Bertz CT molecular complexity index is 579. The first-order chi connectivity index (χ1) is 10.9. The lowest BCUT2D eigenvalue weighted by Crippen LogP contribution is -2.32. The molecule has 4 nitrogen and oxygen atoms in total. The van der Waals surface area contributed by atoms with E-state index >= 15 is 0 Å². The summed E-state index contributed by atoms with van der Waals surface area (Å²) in [6.07, 6.45) is 5.70. The van der Waals surface area contributed by atoms with Crippen molar-refractivity contribution in [1.29, 1.82) is 0 Å². The third-order valence-corrected chi connectivity index (χ3v) is 4.19. The third-order valence-electron chi connectivity index (χ3n) is 4.19. The lowest BCUT2D eigenvalue weighted by Gasteiger charge is -2.28. The molecule has 0 bridgehead atoms. The van der Waals surface area contributed by atoms with E-state index in [4.69, 9.17) is 4.98 Å². The van der Waals surface area contributed by atoms with Crippen molar-refractivity contribution in [3.8, 4) is 0 Å². The van der Waals surface area contributed by atoms with Crippen LogP contribution in [0, 0.1) is 0 Å². The van der Waals surface area contributed by atoms with E-state index in [1.807, 2.05) is 12.3 Å². The minimum Gasteiger partial charge on any atom is -0.352 e. The fourth-order valence-electron chi connectivity index (χ4n) is 2.92. The van der Waals surface area contributed by atoms with Crippen LogP contribution < -0.4 is 9.80 Å². The molecular weight excluding hydrogens is 272 g/mol. The summed E-state index contributed by atoms with van der Waals surface area (Å²) in [5.41, 5.74) is 1.31. The summed E-state index contributed by atoms with van der Waals surface area (Å²) < 4.78 is 0. The van der Waals surface area contributed by atoms with Gasteiger partial charge in [0.1, 0.15) is 5.82 Å². The Hall–Kier alpha value is -2.10.